The van der Waals surface area contributed by atoms with Crippen LogP contribution in [0.25, 0.3) is 0 Å². The topological polar surface area (TPSA) is 70.7 Å². The second-order valence-electron chi connectivity index (χ2n) is 6.46. The molecule has 1 aliphatic rings. The number of likely N-dealkylation sites (tertiary alicyclic amines) is 1. The number of carbonyl (C=O) groups is 2. The summed E-state index contributed by atoms with van der Waals surface area (Å²) in [4.78, 5) is 26.7. The summed E-state index contributed by atoms with van der Waals surface area (Å²) in [6, 6.07) is 16.6. The van der Waals surface area contributed by atoms with Crippen molar-refractivity contribution in [2.75, 3.05) is 25.0 Å². The lowest BCUT2D eigenvalue weighted by molar-refractivity contribution is 0.0915. The van der Waals surface area contributed by atoms with Crippen LogP contribution >= 0.6 is 0 Å². The highest BCUT2D eigenvalue weighted by molar-refractivity contribution is 5.97. The third-order valence-corrected chi connectivity index (χ3v) is 4.57. The van der Waals surface area contributed by atoms with Gasteiger partial charge in [-0.05, 0) is 44.0 Å². The molecule has 0 saturated carbocycles. The first-order valence-corrected chi connectivity index (χ1v) is 9.31. The number of ether oxygens (including phenoxy) is 1. The Balaban J connectivity index is 1.51. The molecule has 0 aromatic heterocycles. The minimum Gasteiger partial charge on any atom is -0.493 e. The Bertz CT molecular complexity index is 771. The number of hydrogen-bond donors (Lipinski definition) is 2. The Morgan fingerprint density at radius 3 is 2.41 bits per heavy atom. The largest absolute Gasteiger partial charge is 0.493 e. The van der Waals surface area contributed by atoms with Crippen LogP contribution in [-0.4, -0.2) is 42.6 Å². The average molecular weight is 367 g/mol. The summed E-state index contributed by atoms with van der Waals surface area (Å²) in [6.07, 6.45) is 1.45. The molecular weight excluding hydrogens is 342 g/mol. The van der Waals surface area contributed by atoms with E-state index in [9.17, 15) is 9.59 Å². The number of piperidine rings is 1. The molecule has 0 aliphatic carbocycles. The zero-order valence-electron chi connectivity index (χ0n) is 15.5. The van der Waals surface area contributed by atoms with Crippen molar-refractivity contribution in [2.45, 2.75) is 25.8 Å². The number of urea groups is 1. The molecule has 27 heavy (non-hydrogen) atoms. The molecule has 6 heteroatoms. The molecule has 142 valence electrons. The van der Waals surface area contributed by atoms with Gasteiger partial charge in [-0.1, -0.05) is 30.3 Å². The summed E-state index contributed by atoms with van der Waals surface area (Å²) in [6.45, 7) is 3.62. The first kappa shape index (κ1) is 18.8. The molecule has 1 aliphatic heterocycles. The number of benzene rings is 2. The normalized spacial score (nSPS) is 14.5. The first-order chi connectivity index (χ1) is 13.2. The van der Waals surface area contributed by atoms with Crippen molar-refractivity contribution in [3.8, 4) is 5.75 Å². The third kappa shape index (κ3) is 5.00. The number of nitrogens with one attached hydrogen (secondary N) is 2. The molecule has 3 amide bonds. The van der Waals surface area contributed by atoms with E-state index in [0.29, 0.717) is 31.0 Å². The van der Waals surface area contributed by atoms with E-state index in [1.165, 1.54) is 0 Å². The van der Waals surface area contributed by atoms with E-state index in [-0.39, 0.29) is 18.0 Å². The number of hydrogen-bond acceptors (Lipinski definition) is 3. The zero-order valence-corrected chi connectivity index (χ0v) is 15.5. The van der Waals surface area contributed by atoms with E-state index in [1.54, 1.807) is 17.0 Å². The Labute approximate surface area is 159 Å². The van der Waals surface area contributed by atoms with Gasteiger partial charge in [0.2, 0.25) is 0 Å². The Morgan fingerprint density at radius 1 is 1.04 bits per heavy atom. The van der Waals surface area contributed by atoms with Gasteiger partial charge in [-0.3, -0.25) is 4.79 Å². The van der Waals surface area contributed by atoms with E-state index >= 15 is 0 Å². The van der Waals surface area contributed by atoms with Gasteiger partial charge in [-0.2, -0.15) is 0 Å². The summed E-state index contributed by atoms with van der Waals surface area (Å²) in [5, 5.41) is 5.96. The molecule has 6 nitrogen and oxygen atoms in total. The van der Waals surface area contributed by atoms with Crippen molar-refractivity contribution in [1.29, 1.82) is 0 Å². The third-order valence-electron chi connectivity index (χ3n) is 4.57. The van der Waals surface area contributed by atoms with Crippen LogP contribution in [0.4, 0.5) is 10.5 Å². The molecular formula is C21H25N3O3. The second kappa shape index (κ2) is 9.07. The molecule has 2 N–H and O–H groups in total. The number of amides is 3. The maximum atomic E-state index is 12.6. The van der Waals surface area contributed by atoms with Gasteiger partial charge in [0.25, 0.3) is 5.91 Å². The van der Waals surface area contributed by atoms with Gasteiger partial charge in [0, 0.05) is 24.8 Å². The Morgan fingerprint density at radius 2 is 1.70 bits per heavy atom. The first-order valence-electron chi connectivity index (χ1n) is 9.31. The smallest absolute Gasteiger partial charge is 0.321 e. The van der Waals surface area contributed by atoms with Gasteiger partial charge in [0.1, 0.15) is 5.75 Å². The molecule has 2 aromatic rings. The molecule has 1 saturated heterocycles. The molecule has 1 fully saturated rings. The molecule has 0 spiro atoms. The summed E-state index contributed by atoms with van der Waals surface area (Å²) < 4.78 is 5.53. The quantitative estimate of drug-likeness (QED) is 0.850. The summed E-state index contributed by atoms with van der Waals surface area (Å²) in [5.74, 6) is 0.461. The van der Waals surface area contributed by atoms with Crippen LogP contribution in [0, 0.1) is 0 Å². The highest BCUT2D eigenvalue weighted by atomic mass is 16.5. The monoisotopic (exact) mass is 367 g/mol. The predicted molar refractivity (Wildman–Crippen MR) is 105 cm³/mol. The van der Waals surface area contributed by atoms with Crippen LogP contribution in [0.3, 0.4) is 0 Å². The lowest BCUT2D eigenvalue weighted by atomic mass is 10.0. The molecule has 3 rings (SSSR count). The lowest BCUT2D eigenvalue weighted by Gasteiger charge is -2.32. The molecule has 0 bridgehead atoms. The fourth-order valence-electron chi connectivity index (χ4n) is 3.15. The number of rotatable bonds is 5. The number of nitrogens with zero attached hydrogens (tertiary/aromatic N) is 1. The standard InChI is InChI=1S/C21H25N3O3/c1-2-27-19-11-7-6-10-18(19)20(25)22-17-12-14-24(15-13-17)21(26)23-16-8-4-3-5-9-16/h3-11,17H,2,12-15H2,1H3,(H,22,25)(H,23,26). The average Bonchev–Trinajstić information content (AvgIpc) is 2.70. The van der Waals surface area contributed by atoms with Crippen molar-refractivity contribution in [3.63, 3.8) is 0 Å². The summed E-state index contributed by atoms with van der Waals surface area (Å²) in [5.41, 5.74) is 1.33. The molecule has 1 heterocycles. The number of para-hydroxylation sites is 2. The predicted octanol–water partition coefficient (Wildman–Crippen LogP) is 3.51. The Kier molecular flexibility index (Phi) is 6.30. The van der Waals surface area contributed by atoms with Gasteiger partial charge in [0.05, 0.1) is 12.2 Å². The van der Waals surface area contributed by atoms with Crippen LogP contribution in [0.2, 0.25) is 0 Å². The fraction of sp³-hybridized carbons (Fsp3) is 0.333. The van der Waals surface area contributed by atoms with Gasteiger partial charge < -0.3 is 20.3 Å². The zero-order chi connectivity index (χ0) is 19.1. The lowest BCUT2D eigenvalue weighted by Crippen LogP contribution is -2.47. The highest BCUT2D eigenvalue weighted by Crippen LogP contribution is 2.19. The number of carbonyl (C=O) groups excluding carboxylic acids is 2. The molecule has 2 aromatic carbocycles. The minimum atomic E-state index is -0.133. The molecule has 0 radical (unpaired) electrons. The van der Waals surface area contributed by atoms with Gasteiger partial charge in [-0.25, -0.2) is 4.79 Å². The van der Waals surface area contributed by atoms with Crippen molar-refractivity contribution < 1.29 is 14.3 Å². The van der Waals surface area contributed by atoms with Crippen molar-refractivity contribution in [1.82, 2.24) is 10.2 Å². The van der Waals surface area contributed by atoms with E-state index in [2.05, 4.69) is 10.6 Å². The van der Waals surface area contributed by atoms with Gasteiger partial charge in [0.15, 0.2) is 0 Å². The van der Waals surface area contributed by atoms with E-state index < -0.39 is 0 Å². The Hall–Kier alpha value is -3.02. The van der Waals surface area contributed by atoms with Gasteiger partial charge >= 0.3 is 6.03 Å². The second-order valence-corrected chi connectivity index (χ2v) is 6.46. The molecule has 0 unspecified atom stereocenters. The van der Waals surface area contributed by atoms with Crippen LogP contribution in [0.1, 0.15) is 30.1 Å². The summed E-state index contributed by atoms with van der Waals surface area (Å²) >= 11 is 0. The van der Waals surface area contributed by atoms with E-state index in [4.69, 9.17) is 4.74 Å². The SMILES string of the molecule is CCOc1ccccc1C(=O)NC1CCN(C(=O)Nc2ccccc2)CC1. The van der Waals surface area contributed by atoms with Gasteiger partial charge in [-0.15, -0.1) is 0 Å². The minimum absolute atomic E-state index is 0.0490. The van der Waals surface area contributed by atoms with Crippen LogP contribution in [-0.2, 0) is 0 Å². The highest BCUT2D eigenvalue weighted by Gasteiger charge is 2.25. The number of anilines is 1. The van der Waals surface area contributed by atoms with E-state index in [1.807, 2.05) is 49.4 Å². The molecule has 0 atom stereocenters. The maximum Gasteiger partial charge on any atom is 0.321 e. The van der Waals surface area contributed by atoms with Crippen LogP contribution in [0.15, 0.2) is 54.6 Å². The fourth-order valence-corrected chi connectivity index (χ4v) is 3.15. The van der Waals surface area contributed by atoms with Crippen LogP contribution in [0.5, 0.6) is 5.75 Å². The maximum absolute atomic E-state index is 12.6. The van der Waals surface area contributed by atoms with Crippen LogP contribution < -0.4 is 15.4 Å². The van der Waals surface area contributed by atoms with Crippen molar-refractivity contribution in [3.05, 3.63) is 60.2 Å². The van der Waals surface area contributed by atoms with E-state index in [0.717, 1.165) is 18.5 Å². The summed E-state index contributed by atoms with van der Waals surface area (Å²) in [7, 11) is 0. The van der Waals surface area contributed by atoms with Crippen molar-refractivity contribution >= 4 is 17.6 Å². The van der Waals surface area contributed by atoms with Crippen molar-refractivity contribution in [2.24, 2.45) is 0 Å².